The van der Waals surface area contributed by atoms with Crippen molar-refractivity contribution in [3.05, 3.63) is 97.2 Å². The van der Waals surface area contributed by atoms with Gasteiger partial charge in [-0.1, -0.05) is 156 Å². The zero-order valence-electron chi connectivity index (χ0n) is 36.4. The largest absolute Gasteiger partial charge is 0.472 e. The monoisotopic (exact) mass is 878 g/mol. The SMILES string of the molecule is CC/C=C/C=C/C=C/C=C/C=C/CCCC(=O)OC(COC(=O)CCCCCCCCCCC/C=C/C/C=C/C/C=C/CC)COP(=O)(O)OC1C(O)C(O)C(O)[C@H](O)C1O. The normalized spacial score (nSPS) is 23.0. The predicted molar refractivity (Wildman–Crippen MR) is 239 cm³/mol. The fraction of sp³-hybridized carbons (Fsp3) is 0.617. The van der Waals surface area contributed by atoms with Gasteiger partial charge in [0.05, 0.1) is 6.61 Å². The molecule has 0 aromatic heterocycles. The summed E-state index contributed by atoms with van der Waals surface area (Å²) < 4.78 is 33.4. The molecule has 0 spiro atoms. The van der Waals surface area contributed by atoms with E-state index >= 15 is 0 Å². The minimum Gasteiger partial charge on any atom is -0.462 e. The second kappa shape index (κ2) is 36.3. The molecule has 0 aromatic carbocycles. The van der Waals surface area contributed by atoms with Crippen molar-refractivity contribution in [3.63, 3.8) is 0 Å². The lowest BCUT2D eigenvalue weighted by Crippen LogP contribution is -2.64. The number of aliphatic hydroxyl groups excluding tert-OH is 5. The summed E-state index contributed by atoms with van der Waals surface area (Å²) in [4.78, 5) is 35.6. The topological polar surface area (TPSA) is 210 Å². The molecule has 346 valence electrons. The molecule has 13 nitrogen and oxygen atoms in total. The van der Waals surface area contributed by atoms with Crippen LogP contribution in [0.15, 0.2) is 97.2 Å². The Hall–Kier alpha value is -3.23. The Balaban J connectivity index is 2.50. The Morgan fingerprint density at radius 1 is 0.525 bits per heavy atom. The number of phosphoric ester groups is 1. The lowest BCUT2D eigenvalue weighted by Gasteiger charge is -2.41. The summed E-state index contributed by atoms with van der Waals surface area (Å²) in [6.07, 6.45) is 34.8. The Bertz CT molecular complexity index is 1430. The van der Waals surface area contributed by atoms with Crippen molar-refractivity contribution in [1.82, 2.24) is 0 Å². The van der Waals surface area contributed by atoms with Crippen LogP contribution in [0.25, 0.3) is 0 Å². The molecule has 0 radical (unpaired) electrons. The second-order valence-electron chi connectivity index (χ2n) is 14.9. The molecule has 0 amide bonds. The molecule has 1 aliphatic rings. The Kier molecular flexibility index (Phi) is 33.2. The average Bonchev–Trinajstić information content (AvgIpc) is 3.24. The Labute approximate surface area is 364 Å². The highest BCUT2D eigenvalue weighted by Crippen LogP contribution is 2.47. The van der Waals surface area contributed by atoms with Crippen LogP contribution >= 0.6 is 7.82 Å². The van der Waals surface area contributed by atoms with Crippen molar-refractivity contribution in [1.29, 1.82) is 0 Å². The van der Waals surface area contributed by atoms with E-state index in [9.17, 15) is 44.6 Å². The maximum absolute atomic E-state index is 12.8. The quantitative estimate of drug-likeness (QED) is 0.0118. The third kappa shape index (κ3) is 28.9. The molecule has 14 heteroatoms. The lowest BCUT2D eigenvalue weighted by atomic mass is 9.85. The molecule has 1 rings (SSSR count). The number of aliphatic hydroxyl groups is 5. The van der Waals surface area contributed by atoms with Gasteiger partial charge in [-0.2, -0.15) is 0 Å². The fourth-order valence-corrected chi connectivity index (χ4v) is 7.01. The number of phosphoric acid groups is 1. The first-order valence-electron chi connectivity index (χ1n) is 22.1. The van der Waals surface area contributed by atoms with Crippen LogP contribution in [-0.2, 0) is 32.7 Å². The number of carbonyl (C=O) groups is 2. The maximum atomic E-state index is 12.8. The van der Waals surface area contributed by atoms with Gasteiger partial charge in [0.25, 0.3) is 0 Å². The van der Waals surface area contributed by atoms with Gasteiger partial charge in [0, 0.05) is 12.8 Å². The molecule has 0 aromatic rings. The molecule has 1 fully saturated rings. The van der Waals surface area contributed by atoms with E-state index < -0.39 is 75.7 Å². The molecule has 6 N–H and O–H groups in total. The average molecular weight is 879 g/mol. The molecule has 61 heavy (non-hydrogen) atoms. The predicted octanol–water partition coefficient (Wildman–Crippen LogP) is 8.27. The number of hydrogen-bond donors (Lipinski definition) is 6. The number of rotatable bonds is 34. The molecule has 8 atom stereocenters. The number of carbonyl (C=O) groups excluding carboxylic acids is 2. The van der Waals surface area contributed by atoms with E-state index in [1.54, 1.807) is 0 Å². The summed E-state index contributed by atoms with van der Waals surface area (Å²) in [7, 11) is -5.14. The van der Waals surface area contributed by atoms with Crippen LogP contribution in [0.1, 0.15) is 129 Å². The van der Waals surface area contributed by atoms with Crippen molar-refractivity contribution in [3.8, 4) is 0 Å². The van der Waals surface area contributed by atoms with Crippen LogP contribution in [0.5, 0.6) is 0 Å². The minimum absolute atomic E-state index is 0.00647. The van der Waals surface area contributed by atoms with Gasteiger partial charge >= 0.3 is 19.8 Å². The van der Waals surface area contributed by atoms with Gasteiger partial charge < -0.3 is 39.9 Å². The van der Waals surface area contributed by atoms with Crippen LogP contribution in [0.3, 0.4) is 0 Å². The number of hydrogen-bond acceptors (Lipinski definition) is 12. The zero-order valence-corrected chi connectivity index (χ0v) is 37.3. The van der Waals surface area contributed by atoms with E-state index in [4.69, 9.17) is 18.5 Å². The van der Waals surface area contributed by atoms with Crippen molar-refractivity contribution in [2.45, 2.75) is 172 Å². The lowest BCUT2D eigenvalue weighted by molar-refractivity contribution is -0.220. The number of allylic oxidation sites excluding steroid dienone is 16. The first kappa shape index (κ1) is 55.8. The van der Waals surface area contributed by atoms with Crippen molar-refractivity contribution < 1.29 is 63.1 Å². The van der Waals surface area contributed by atoms with Crippen LogP contribution in [0, 0.1) is 0 Å². The molecule has 0 aliphatic heterocycles. The van der Waals surface area contributed by atoms with Gasteiger partial charge in [0.15, 0.2) is 6.10 Å². The van der Waals surface area contributed by atoms with Gasteiger partial charge in [-0.3, -0.25) is 18.6 Å². The van der Waals surface area contributed by atoms with Crippen molar-refractivity contribution in [2.75, 3.05) is 13.2 Å². The van der Waals surface area contributed by atoms with E-state index in [0.717, 1.165) is 57.8 Å². The standard InChI is InChI=1S/C47H75O13P/c1-3-5-7-9-11-13-15-17-18-19-20-21-22-24-25-27-29-31-33-35-40(48)57-37-39(38-58-61(55,56)60-47-45(53)43(51)42(50)44(52)46(47)54)59-41(49)36-34-32-30-28-26-23-16-14-12-10-8-6-4-2/h5-8,10-14,16-18,23,26,28,30,39,42-47,50-54H,3-4,9,15,19-22,24-25,27,29,31-38H2,1-2H3,(H,55,56)/b7-5+,8-6+,12-10+,13-11+,16-14+,18-17+,26-23+,30-28+/t39?,42?,43-,44?,45?,46?,47?/m0/s1. The van der Waals surface area contributed by atoms with E-state index in [1.807, 2.05) is 54.7 Å². The third-order valence-electron chi connectivity index (χ3n) is 9.55. The molecule has 7 unspecified atom stereocenters. The van der Waals surface area contributed by atoms with E-state index in [1.165, 1.54) is 25.7 Å². The highest BCUT2D eigenvalue weighted by molar-refractivity contribution is 7.47. The summed E-state index contributed by atoms with van der Waals surface area (Å²) >= 11 is 0. The fourth-order valence-electron chi connectivity index (χ4n) is 6.04. The summed E-state index contributed by atoms with van der Waals surface area (Å²) in [6, 6.07) is 0. The summed E-state index contributed by atoms with van der Waals surface area (Å²) in [5.74, 6) is -1.20. The van der Waals surface area contributed by atoms with Gasteiger partial charge in [-0.05, 0) is 57.8 Å². The highest BCUT2D eigenvalue weighted by atomic mass is 31.2. The third-order valence-corrected chi connectivity index (χ3v) is 10.5. The molecule has 0 saturated heterocycles. The summed E-state index contributed by atoms with van der Waals surface area (Å²) in [5.41, 5.74) is 0. The smallest absolute Gasteiger partial charge is 0.462 e. The summed E-state index contributed by atoms with van der Waals surface area (Å²) in [6.45, 7) is 2.95. The minimum atomic E-state index is -5.14. The van der Waals surface area contributed by atoms with Crippen LogP contribution in [0.4, 0.5) is 0 Å². The number of ether oxygens (including phenoxy) is 2. The van der Waals surface area contributed by atoms with Crippen molar-refractivity contribution in [2.24, 2.45) is 0 Å². The maximum Gasteiger partial charge on any atom is 0.472 e. The van der Waals surface area contributed by atoms with Crippen LogP contribution in [0.2, 0.25) is 0 Å². The van der Waals surface area contributed by atoms with Crippen LogP contribution in [-0.4, -0.2) is 98.3 Å². The Morgan fingerprint density at radius 3 is 1.57 bits per heavy atom. The highest BCUT2D eigenvalue weighted by Gasteiger charge is 2.51. The first-order chi connectivity index (χ1) is 29.4. The molecule has 0 heterocycles. The number of esters is 2. The number of unbranched alkanes of at least 4 members (excludes halogenated alkanes) is 10. The Morgan fingerprint density at radius 2 is 0.984 bits per heavy atom. The second-order valence-corrected chi connectivity index (χ2v) is 16.3. The van der Waals surface area contributed by atoms with Crippen LogP contribution < -0.4 is 0 Å². The van der Waals surface area contributed by atoms with Gasteiger partial charge in [-0.15, -0.1) is 0 Å². The van der Waals surface area contributed by atoms with Gasteiger partial charge in [0.2, 0.25) is 0 Å². The first-order valence-corrected chi connectivity index (χ1v) is 23.6. The molecular weight excluding hydrogens is 803 g/mol. The molecule has 1 aliphatic carbocycles. The molecular formula is C47H75O13P. The van der Waals surface area contributed by atoms with Gasteiger partial charge in [0.1, 0.15) is 43.2 Å². The van der Waals surface area contributed by atoms with E-state index in [-0.39, 0.29) is 12.8 Å². The molecule has 1 saturated carbocycles. The molecule has 0 bridgehead atoms. The van der Waals surface area contributed by atoms with Crippen molar-refractivity contribution >= 4 is 19.8 Å². The zero-order chi connectivity index (χ0) is 45.0. The van der Waals surface area contributed by atoms with E-state index in [2.05, 4.69) is 56.4 Å². The summed E-state index contributed by atoms with van der Waals surface area (Å²) in [5, 5.41) is 50.1. The van der Waals surface area contributed by atoms with E-state index in [0.29, 0.717) is 19.3 Å². The van der Waals surface area contributed by atoms with Gasteiger partial charge in [-0.25, -0.2) is 4.57 Å².